The Morgan fingerprint density at radius 1 is 1.18 bits per heavy atom. The molecule has 0 aliphatic carbocycles. The Hall–Kier alpha value is -3.36. The number of likely N-dealkylation sites (tertiary alicyclic amines) is 1. The molecule has 0 amide bonds. The second-order valence-corrected chi connectivity index (χ2v) is 8.75. The summed E-state index contributed by atoms with van der Waals surface area (Å²) in [6, 6.07) is 13.9. The van der Waals surface area contributed by atoms with E-state index in [9.17, 15) is 5.21 Å². The van der Waals surface area contributed by atoms with E-state index in [1.54, 1.807) is 12.4 Å². The first-order valence-corrected chi connectivity index (χ1v) is 11.3. The van der Waals surface area contributed by atoms with Gasteiger partial charge < -0.3 is 23.7 Å². The first kappa shape index (κ1) is 21.5. The molecule has 5 rings (SSSR count). The van der Waals surface area contributed by atoms with E-state index < -0.39 is 0 Å². The van der Waals surface area contributed by atoms with Gasteiger partial charge in [0.05, 0.1) is 11.7 Å². The van der Waals surface area contributed by atoms with Gasteiger partial charge in [-0.3, -0.25) is 4.90 Å². The van der Waals surface area contributed by atoms with Crippen molar-refractivity contribution in [2.45, 2.75) is 18.9 Å². The molecule has 8 nitrogen and oxygen atoms in total. The number of rotatable bonds is 6. The third-order valence-corrected chi connectivity index (χ3v) is 6.46. The maximum atomic E-state index is 9.65. The van der Waals surface area contributed by atoms with Crippen LogP contribution in [0.15, 0.2) is 64.6 Å². The average Bonchev–Trinajstić information content (AvgIpc) is 3.31. The second kappa shape index (κ2) is 9.25. The van der Waals surface area contributed by atoms with Crippen LogP contribution in [0.25, 0.3) is 27.9 Å². The zero-order valence-electron chi connectivity index (χ0n) is 19.0. The fourth-order valence-corrected chi connectivity index (χ4v) is 4.47. The molecule has 8 heteroatoms. The van der Waals surface area contributed by atoms with E-state index in [1.165, 1.54) is 12.8 Å². The monoisotopic (exact) mass is 447 g/mol. The van der Waals surface area contributed by atoms with Gasteiger partial charge in [0.25, 0.3) is 0 Å². The molecule has 0 unspecified atom stereocenters. The normalized spacial score (nSPS) is 16.3. The van der Waals surface area contributed by atoms with Crippen LogP contribution < -0.4 is 10.1 Å². The summed E-state index contributed by atoms with van der Waals surface area (Å²) in [6.07, 6.45) is 6.06. The Labute approximate surface area is 192 Å². The molecule has 3 aromatic heterocycles. The predicted molar refractivity (Wildman–Crippen MR) is 126 cm³/mol. The molecule has 1 fully saturated rings. The van der Waals surface area contributed by atoms with E-state index >= 15 is 0 Å². The number of aromatic nitrogens is 2. The lowest BCUT2D eigenvalue weighted by atomic mass is 10.0. The third-order valence-electron chi connectivity index (χ3n) is 6.46. The lowest BCUT2D eigenvalue weighted by Gasteiger charge is -2.35. The summed E-state index contributed by atoms with van der Waals surface area (Å²) in [7, 11) is 4.31. The fourth-order valence-electron chi connectivity index (χ4n) is 4.47. The Morgan fingerprint density at radius 2 is 2.03 bits per heavy atom. The van der Waals surface area contributed by atoms with Crippen molar-refractivity contribution >= 4 is 16.5 Å². The van der Waals surface area contributed by atoms with Gasteiger partial charge in [-0.25, -0.2) is 4.98 Å². The standard InChI is InChI=1S/C25H29N5O3/c1-28(2)18-7-10-29(11-8-18)12-13-32-20-5-6-24-21(15-20)22(27-31)16-25(33-24)23-14-19-4-3-9-30(19)17-26-23/h3-6,9,14-18,31H,7-8,10-13H2,1-2H3/b27-22-. The van der Waals surface area contributed by atoms with Gasteiger partial charge in [0.2, 0.25) is 0 Å². The summed E-state index contributed by atoms with van der Waals surface area (Å²) in [5.41, 5.74) is 2.29. The van der Waals surface area contributed by atoms with Gasteiger partial charge >= 0.3 is 0 Å². The van der Waals surface area contributed by atoms with Gasteiger partial charge in [-0.2, -0.15) is 0 Å². The van der Waals surface area contributed by atoms with Crippen LogP contribution in [0.5, 0.6) is 5.75 Å². The van der Waals surface area contributed by atoms with Crippen LogP contribution in [-0.2, 0) is 0 Å². The lowest BCUT2D eigenvalue weighted by Crippen LogP contribution is -2.43. The van der Waals surface area contributed by atoms with E-state index in [0.29, 0.717) is 40.4 Å². The Morgan fingerprint density at radius 3 is 2.82 bits per heavy atom. The molecule has 172 valence electrons. The highest BCUT2D eigenvalue weighted by Crippen LogP contribution is 2.24. The van der Waals surface area contributed by atoms with Gasteiger partial charge in [0, 0.05) is 30.4 Å². The Balaban J connectivity index is 1.30. The van der Waals surface area contributed by atoms with E-state index in [2.05, 4.69) is 34.0 Å². The van der Waals surface area contributed by atoms with Crippen molar-refractivity contribution in [1.82, 2.24) is 19.2 Å². The van der Waals surface area contributed by atoms with Crippen molar-refractivity contribution < 1.29 is 14.4 Å². The van der Waals surface area contributed by atoms with Crippen LogP contribution in [0.4, 0.5) is 0 Å². The maximum absolute atomic E-state index is 9.65. The summed E-state index contributed by atoms with van der Waals surface area (Å²) in [5.74, 6) is 1.26. The maximum Gasteiger partial charge on any atom is 0.155 e. The van der Waals surface area contributed by atoms with E-state index in [1.807, 2.05) is 47.0 Å². The average molecular weight is 448 g/mol. The molecule has 0 bridgehead atoms. The number of fused-ring (bicyclic) bond motifs is 2. The fraction of sp³-hybridized carbons (Fsp3) is 0.360. The number of hydrogen-bond acceptors (Lipinski definition) is 7. The van der Waals surface area contributed by atoms with Crippen LogP contribution in [0, 0.1) is 0 Å². The molecular formula is C25H29N5O3. The molecule has 0 atom stereocenters. The van der Waals surface area contributed by atoms with Crippen molar-refractivity contribution in [2.24, 2.45) is 5.16 Å². The van der Waals surface area contributed by atoms with Gasteiger partial charge in [0.15, 0.2) is 5.76 Å². The van der Waals surface area contributed by atoms with Crippen molar-refractivity contribution in [1.29, 1.82) is 0 Å². The second-order valence-electron chi connectivity index (χ2n) is 8.75. The molecule has 0 spiro atoms. The molecule has 4 aromatic rings. The van der Waals surface area contributed by atoms with Crippen LogP contribution in [0.1, 0.15) is 12.8 Å². The van der Waals surface area contributed by atoms with Crippen molar-refractivity contribution in [3.63, 3.8) is 0 Å². The minimum atomic E-state index is 0.416. The molecule has 0 radical (unpaired) electrons. The predicted octanol–water partition coefficient (Wildman–Crippen LogP) is 3.44. The Bertz CT molecular complexity index is 1320. The van der Waals surface area contributed by atoms with Crippen molar-refractivity contribution in [3.8, 4) is 17.2 Å². The van der Waals surface area contributed by atoms with Gasteiger partial charge in [-0.1, -0.05) is 5.16 Å². The van der Waals surface area contributed by atoms with Crippen LogP contribution in [0.3, 0.4) is 0 Å². The van der Waals surface area contributed by atoms with Crippen molar-refractivity contribution in [2.75, 3.05) is 40.3 Å². The third kappa shape index (κ3) is 4.58. The Kier molecular flexibility index (Phi) is 6.02. The van der Waals surface area contributed by atoms with E-state index in [4.69, 9.17) is 9.15 Å². The van der Waals surface area contributed by atoms with Gasteiger partial charge in [0.1, 0.15) is 29.0 Å². The first-order valence-electron chi connectivity index (χ1n) is 11.3. The van der Waals surface area contributed by atoms with Gasteiger partial charge in [-0.05, 0) is 76.4 Å². The van der Waals surface area contributed by atoms with E-state index in [-0.39, 0.29) is 0 Å². The minimum Gasteiger partial charge on any atom is -0.492 e. The highest BCUT2D eigenvalue weighted by atomic mass is 16.5. The SMILES string of the molecule is CN(C)C1CCN(CCOc2ccc3oc(-c4cc5cccn5cn4)c/c(=N/O)c3c2)CC1. The highest BCUT2D eigenvalue weighted by Gasteiger charge is 2.20. The minimum absolute atomic E-state index is 0.416. The molecule has 33 heavy (non-hydrogen) atoms. The quantitative estimate of drug-likeness (QED) is 0.360. The van der Waals surface area contributed by atoms with E-state index in [0.717, 1.165) is 30.9 Å². The highest BCUT2D eigenvalue weighted by molar-refractivity contribution is 5.80. The topological polar surface area (TPSA) is 78.7 Å². The summed E-state index contributed by atoms with van der Waals surface area (Å²) in [4.78, 5) is 9.23. The molecule has 0 saturated carbocycles. The molecule has 1 N–H and O–H groups in total. The number of ether oxygens (including phenoxy) is 1. The largest absolute Gasteiger partial charge is 0.492 e. The zero-order chi connectivity index (χ0) is 22.8. The summed E-state index contributed by atoms with van der Waals surface area (Å²) < 4.78 is 14.0. The van der Waals surface area contributed by atoms with Crippen LogP contribution in [0.2, 0.25) is 0 Å². The first-order chi connectivity index (χ1) is 16.1. The van der Waals surface area contributed by atoms with Gasteiger partial charge in [-0.15, -0.1) is 0 Å². The summed E-state index contributed by atoms with van der Waals surface area (Å²) in [5, 5.41) is 14.2. The molecule has 1 saturated heterocycles. The summed E-state index contributed by atoms with van der Waals surface area (Å²) in [6.45, 7) is 3.71. The number of piperidine rings is 1. The molecule has 1 aliphatic heterocycles. The molecule has 1 aliphatic rings. The number of nitrogens with zero attached hydrogens (tertiary/aromatic N) is 5. The van der Waals surface area contributed by atoms with Crippen LogP contribution in [-0.4, -0.2) is 70.8 Å². The van der Waals surface area contributed by atoms with Crippen LogP contribution >= 0.6 is 0 Å². The summed E-state index contributed by atoms with van der Waals surface area (Å²) >= 11 is 0. The molecular weight excluding hydrogens is 418 g/mol. The zero-order valence-corrected chi connectivity index (χ0v) is 19.0. The van der Waals surface area contributed by atoms with Crippen molar-refractivity contribution in [3.05, 3.63) is 60.3 Å². The molecule has 4 heterocycles. The molecule has 1 aromatic carbocycles. The number of hydrogen-bond donors (Lipinski definition) is 1. The number of benzene rings is 1. The smallest absolute Gasteiger partial charge is 0.155 e. The lowest BCUT2D eigenvalue weighted by molar-refractivity contribution is 0.128.